The number of sulfonamides is 1. The second-order valence-corrected chi connectivity index (χ2v) is 13.0. The van der Waals surface area contributed by atoms with E-state index in [1.54, 1.807) is 68.6 Å². The lowest BCUT2D eigenvalue weighted by molar-refractivity contribution is -0.141. The molecule has 0 bridgehead atoms. The van der Waals surface area contributed by atoms with Gasteiger partial charge in [0.25, 0.3) is 10.0 Å². The van der Waals surface area contributed by atoms with Crippen molar-refractivity contribution in [2.75, 3.05) is 18.0 Å². The number of para-hydroxylation sites is 1. The molecule has 3 aromatic rings. The number of amides is 2. The number of nitrogens with zero attached hydrogens (tertiary/aromatic N) is 2. The molecule has 0 aliphatic carbocycles. The molecule has 0 fully saturated rings. The summed E-state index contributed by atoms with van der Waals surface area (Å²) in [4.78, 5) is 29.2. The molecule has 0 saturated carbocycles. The van der Waals surface area contributed by atoms with Crippen LogP contribution in [0.4, 0.5) is 5.69 Å². The quantitative estimate of drug-likeness (QED) is 0.336. The normalized spacial score (nSPS) is 12.4. The van der Waals surface area contributed by atoms with Crippen LogP contribution in [0.5, 0.6) is 5.75 Å². The highest BCUT2D eigenvalue weighted by Gasteiger charge is 2.35. The number of hydrogen-bond acceptors (Lipinski definition) is 5. The fourth-order valence-corrected chi connectivity index (χ4v) is 6.01. The highest BCUT2D eigenvalue weighted by Crippen LogP contribution is 2.28. The van der Waals surface area contributed by atoms with E-state index < -0.39 is 34.1 Å². The zero-order valence-electron chi connectivity index (χ0n) is 25.0. The molecule has 0 aromatic heterocycles. The van der Waals surface area contributed by atoms with E-state index in [4.69, 9.17) is 4.74 Å². The number of nitrogens with one attached hydrogen (secondary N) is 1. The predicted molar refractivity (Wildman–Crippen MR) is 162 cm³/mol. The first-order valence-corrected chi connectivity index (χ1v) is 15.1. The van der Waals surface area contributed by atoms with Crippen LogP contribution >= 0.6 is 0 Å². The van der Waals surface area contributed by atoms with Crippen molar-refractivity contribution in [1.29, 1.82) is 0 Å². The van der Waals surface area contributed by atoms with Crippen LogP contribution < -0.4 is 14.4 Å². The molecule has 0 spiro atoms. The Morgan fingerprint density at radius 2 is 1.61 bits per heavy atom. The third kappa shape index (κ3) is 8.10. The van der Waals surface area contributed by atoms with Gasteiger partial charge in [0.15, 0.2) is 0 Å². The van der Waals surface area contributed by atoms with Gasteiger partial charge in [0.05, 0.1) is 17.7 Å². The summed E-state index contributed by atoms with van der Waals surface area (Å²) in [7, 11) is -2.56. The van der Waals surface area contributed by atoms with Crippen molar-refractivity contribution in [3.8, 4) is 5.75 Å². The number of carbonyl (C=O) groups is 2. The third-order valence-electron chi connectivity index (χ3n) is 6.64. The molecule has 9 heteroatoms. The Labute approximate surface area is 244 Å². The summed E-state index contributed by atoms with van der Waals surface area (Å²) in [5.74, 6) is -0.187. The first-order valence-electron chi connectivity index (χ1n) is 13.7. The van der Waals surface area contributed by atoms with Gasteiger partial charge < -0.3 is 15.0 Å². The van der Waals surface area contributed by atoms with E-state index >= 15 is 0 Å². The molecule has 0 aliphatic rings. The number of hydrogen-bond donors (Lipinski definition) is 1. The molecule has 8 nitrogen and oxygen atoms in total. The molecule has 1 atom stereocenters. The smallest absolute Gasteiger partial charge is 0.264 e. The van der Waals surface area contributed by atoms with Crippen LogP contribution in [0.3, 0.4) is 0 Å². The van der Waals surface area contributed by atoms with Gasteiger partial charge in [-0.25, -0.2) is 8.42 Å². The van der Waals surface area contributed by atoms with Crippen LogP contribution in [-0.2, 0) is 26.2 Å². The van der Waals surface area contributed by atoms with Crippen LogP contribution in [0, 0.1) is 13.8 Å². The average Bonchev–Trinajstić information content (AvgIpc) is 2.91. The van der Waals surface area contributed by atoms with Gasteiger partial charge >= 0.3 is 0 Å². The number of rotatable bonds is 11. The minimum absolute atomic E-state index is 0.0796. The number of aryl methyl sites for hydroxylation is 2. The maximum absolute atomic E-state index is 14.2. The fourth-order valence-electron chi connectivity index (χ4n) is 4.53. The van der Waals surface area contributed by atoms with Crippen LogP contribution in [-0.4, -0.2) is 50.4 Å². The lowest BCUT2D eigenvalue weighted by Crippen LogP contribution is -2.55. The molecular weight excluding hydrogens is 538 g/mol. The largest absolute Gasteiger partial charge is 0.497 e. The van der Waals surface area contributed by atoms with Crippen molar-refractivity contribution in [2.45, 2.75) is 71.0 Å². The second-order valence-electron chi connectivity index (χ2n) is 11.1. The van der Waals surface area contributed by atoms with Crippen LogP contribution in [0.15, 0.2) is 77.7 Å². The van der Waals surface area contributed by atoms with E-state index in [1.165, 1.54) is 4.90 Å². The highest BCUT2D eigenvalue weighted by molar-refractivity contribution is 7.92. The zero-order chi connectivity index (χ0) is 30.4. The lowest BCUT2D eigenvalue weighted by Gasteiger charge is -2.35. The van der Waals surface area contributed by atoms with E-state index in [-0.39, 0.29) is 17.3 Å². The van der Waals surface area contributed by atoms with Gasteiger partial charge in [-0.2, -0.15) is 0 Å². The van der Waals surface area contributed by atoms with E-state index in [9.17, 15) is 18.0 Å². The average molecular weight is 580 g/mol. The molecule has 0 aliphatic heterocycles. The third-order valence-corrected chi connectivity index (χ3v) is 8.42. The van der Waals surface area contributed by atoms with E-state index in [0.717, 1.165) is 15.4 Å². The zero-order valence-corrected chi connectivity index (χ0v) is 25.8. The van der Waals surface area contributed by atoms with Gasteiger partial charge in [0.1, 0.15) is 18.3 Å². The molecule has 41 heavy (non-hydrogen) atoms. The second kappa shape index (κ2) is 13.2. The van der Waals surface area contributed by atoms with Gasteiger partial charge in [0.2, 0.25) is 11.8 Å². The monoisotopic (exact) mass is 579 g/mol. The summed E-state index contributed by atoms with van der Waals surface area (Å²) in [5, 5.41) is 2.98. The standard InChI is InChI=1S/C32H41N3O5S/c1-8-28(31(37)33-32(4,5)6)34(21-25-13-11-14-26(20-25)40-7)30(36)22-35(29-15-10-9-12-24(29)3)41(38,39)27-18-16-23(2)17-19-27/h9-20,28H,8,21-22H2,1-7H3,(H,33,37)/t28-/m1/s1. The molecule has 0 radical (unpaired) electrons. The van der Waals surface area contributed by atoms with Crippen molar-refractivity contribution in [3.05, 3.63) is 89.5 Å². The molecule has 0 unspecified atom stereocenters. The van der Waals surface area contributed by atoms with Crippen molar-refractivity contribution in [1.82, 2.24) is 10.2 Å². The van der Waals surface area contributed by atoms with E-state index in [0.29, 0.717) is 23.4 Å². The first kappa shape index (κ1) is 31.7. The Bertz CT molecular complexity index is 1460. The van der Waals surface area contributed by atoms with Crippen molar-refractivity contribution in [2.24, 2.45) is 0 Å². The van der Waals surface area contributed by atoms with Crippen LogP contribution in [0.2, 0.25) is 0 Å². The predicted octanol–water partition coefficient (Wildman–Crippen LogP) is 5.23. The van der Waals surface area contributed by atoms with Gasteiger partial charge in [0, 0.05) is 12.1 Å². The lowest BCUT2D eigenvalue weighted by atomic mass is 10.1. The van der Waals surface area contributed by atoms with E-state index in [1.807, 2.05) is 52.8 Å². The Balaban J connectivity index is 2.09. The minimum Gasteiger partial charge on any atom is -0.497 e. The summed E-state index contributed by atoms with van der Waals surface area (Å²) in [6, 6.07) is 20.0. The van der Waals surface area contributed by atoms with Crippen LogP contribution in [0.25, 0.3) is 0 Å². The summed E-state index contributed by atoms with van der Waals surface area (Å²) in [6.45, 7) is 10.8. The van der Waals surface area contributed by atoms with Crippen molar-refractivity contribution in [3.63, 3.8) is 0 Å². The number of benzene rings is 3. The number of ether oxygens (including phenoxy) is 1. The molecule has 220 valence electrons. The van der Waals surface area contributed by atoms with Crippen molar-refractivity contribution < 1.29 is 22.7 Å². The van der Waals surface area contributed by atoms with E-state index in [2.05, 4.69) is 5.32 Å². The number of carbonyl (C=O) groups excluding carboxylic acids is 2. The molecule has 2 amide bonds. The minimum atomic E-state index is -4.12. The summed E-state index contributed by atoms with van der Waals surface area (Å²) in [6.07, 6.45) is 0.340. The summed E-state index contributed by atoms with van der Waals surface area (Å²) in [5.41, 5.74) is 2.26. The molecule has 0 heterocycles. The molecule has 1 N–H and O–H groups in total. The van der Waals surface area contributed by atoms with Crippen LogP contribution in [0.1, 0.15) is 50.8 Å². The number of anilines is 1. The molecule has 0 saturated heterocycles. The molecule has 3 rings (SSSR count). The van der Waals surface area contributed by atoms with Gasteiger partial charge in [-0.05, 0) is 82.5 Å². The number of methoxy groups -OCH3 is 1. The highest BCUT2D eigenvalue weighted by atomic mass is 32.2. The maximum atomic E-state index is 14.2. The van der Waals surface area contributed by atoms with Gasteiger partial charge in [-0.3, -0.25) is 13.9 Å². The molecule has 3 aromatic carbocycles. The fraction of sp³-hybridized carbons (Fsp3) is 0.375. The summed E-state index contributed by atoms with van der Waals surface area (Å²) >= 11 is 0. The first-order chi connectivity index (χ1) is 19.3. The Morgan fingerprint density at radius 3 is 2.20 bits per heavy atom. The van der Waals surface area contributed by atoms with Crippen molar-refractivity contribution >= 4 is 27.5 Å². The molecular formula is C32H41N3O5S. The SMILES string of the molecule is CC[C@H](C(=O)NC(C)(C)C)N(Cc1cccc(OC)c1)C(=O)CN(c1ccccc1C)S(=O)(=O)c1ccc(C)cc1. The Morgan fingerprint density at radius 1 is 0.951 bits per heavy atom. The van der Waals surface area contributed by atoms with Gasteiger partial charge in [-0.15, -0.1) is 0 Å². The Hall–Kier alpha value is -3.85. The topological polar surface area (TPSA) is 96.0 Å². The summed E-state index contributed by atoms with van der Waals surface area (Å²) < 4.78 is 34.5. The van der Waals surface area contributed by atoms with Gasteiger partial charge in [-0.1, -0.05) is 55.0 Å². The maximum Gasteiger partial charge on any atom is 0.264 e. The Kier molecular flexibility index (Phi) is 10.2.